The van der Waals surface area contributed by atoms with Gasteiger partial charge in [0.05, 0.1) is 0 Å². The quantitative estimate of drug-likeness (QED) is 0.638. The Morgan fingerprint density at radius 2 is 1.77 bits per heavy atom. The fourth-order valence-electron chi connectivity index (χ4n) is 5.54. The van der Waals surface area contributed by atoms with Gasteiger partial charge in [0.2, 0.25) is 5.91 Å². The van der Waals surface area contributed by atoms with E-state index >= 15 is 0 Å². The number of imide groups is 1. The summed E-state index contributed by atoms with van der Waals surface area (Å²) in [4.78, 5) is 38.5. The maximum atomic E-state index is 12.7. The van der Waals surface area contributed by atoms with Gasteiger partial charge < -0.3 is 16.4 Å². The number of hydrogen-bond donors (Lipinski definition) is 3. The van der Waals surface area contributed by atoms with E-state index in [1.54, 1.807) is 0 Å². The van der Waals surface area contributed by atoms with Crippen LogP contribution < -0.4 is 16.4 Å². The molecule has 8 heteroatoms. The number of fused-ring (bicyclic) bond motifs is 2. The van der Waals surface area contributed by atoms with Crippen LogP contribution in [0.3, 0.4) is 0 Å². The monoisotopic (exact) mass is 384 g/mol. The summed E-state index contributed by atoms with van der Waals surface area (Å²) in [5.41, 5.74) is 5.39. The van der Waals surface area contributed by atoms with Gasteiger partial charge >= 0.3 is 6.03 Å². The number of carbonyl (C=O) groups is 3. The SMILES string of the molecule is Cl.NC1CC2CCCC(C1)C2NC(=O)CN1C(=O)NC2(CCCC2)C1=O. The molecular formula is C18H29ClN4O3. The molecule has 0 aromatic heterocycles. The smallest absolute Gasteiger partial charge is 0.325 e. The minimum atomic E-state index is -0.745. The second-order valence-corrected chi connectivity index (χ2v) is 8.39. The van der Waals surface area contributed by atoms with E-state index < -0.39 is 11.6 Å². The van der Waals surface area contributed by atoms with Crippen LogP contribution in [0.1, 0.15) is 57.8 Å². The first-order valence-electron chi connectivity index (χ1n) is 9.67. The van der Waals surface area contributed by atoms with E-state index in [-0.39, 0.29) is 42.8 Å². The third-order valence-electron chi connectivity index (χ3n) is 6.71. The summed E-state index contributed by atoms with van der Waals surface area (Å²) in [6.45, 7) is -0.172. The summed E-state index contributed by atoms with van der Waals surface area (Å²) in [6.07, 6.45) is 8.55. The van der Waals surface area contributed by atoms with Crippen molar-refractivity contribution in [3.05, 3.63) is 0 Å². The van der Waals surface area contributed by atoms with Crippen LogP contribution in [-0.2, 0) is 9.59 Å². The molecule has 2 unspecified atom stereocenters. The normalized spacial score (nSPS) is 35.2. The van der Waals surface area contributed by atoms with Gasteiger partial charge in [-0.1, -0.05) is 19.3 Å². The molecule has 3 aliphatic carbocycles. The maximum absolute atomic E-state index is 12.7. The Balaban J connectivity index is 0.00000196. The molecule has 0 aromatic carbocycles. The second kappa shape index (κ2) is 7.35. The van der Waals surface area contributed by atoms with Crippen molar-refractivity contribution in [3.63, 3.8) is 0 Å². The fourth-order valence-corrected chi connectivity index (χ4v) is 5.54. The number of rotatable bonds is 3. The highest BCUT2D eigenvalue weighted by Crippen LogP contribution is 2.40. The molecule has 4 N–H and O–H groups in total. The van der Waals surface area contributed by atoms with E-state index in [0.717, 1.165) is 43.4 Å². The lowest BCUT2D eigenvalue weighted by Gasteiger charge is -2.45. The van der Waals surface area contributed by atoms with Gasteiger partial charge in [0, 0.05) is 12.1 Å². The van der Waals surface area contributed by atoms with E-state index in [0.29, 0.717) is 24.7 Å². The lowest BCUT2D eigenvalue weighted by Crippen LogP contribution is -2.55. The van der Waals surface area contributed by atoms with Gasteiger partial charge in [-0.15, -0.1) is 12.4 Å². The van der Waals surface area contributed by atoms with E-state index in [4.69, 9.17) is 5.73 Å². The van der Waals surface area contributed by atoms with Crippen molar-refractivity contribution in [2.75, 3.05) is 6.54 Å². The number of nitrogens with two attached hydrogens (primary N) is 1. The number of urea groups is 1. The minimum Gasteiger partial charge on any atom is -0.351 e. The van der Waals surface area contributed by atoms with Gasteiger partial charge in [0.1, 0.15) is 12.1 Å². The zero-order valence-corrected chi connectivity index (χ0v) is 15.9. The van der Waals surface area contributed by atoms with Gasteiger partial charge in [-0.25, -0.2) is 4.79 Å². The number of halogens is 1. The molecule has 4 rings (SSSR count). The van der Waals surface area contributed by atoms with Crippen molar-refractivity contribution < 1.29 is 14.4 Å². The number of carbonyl (C=O) groups excluding carboxylic acids is 3. The van der Waals surface area contributed by atoms with Crippen molar-refractivity contribution >= 4 is 30.3 Å². The first-order chi connectivity index (χ1) is 12.0. The highest BCUT2D eigenvalue weighted by molar-refractivity contribution is 6.09. The lowest BCUT2D eigenvalue weighted by molar-refractivity contribution is -0.135. The number of nitrogens with one attached hydrogen (secondary N) is 2. The predicted molar refractivity (Wildman–Crippen MR) is 98.7 cm³/mol. The largest absolute Gasteiger partial charge is 0.351 e. The number of amides is 4. The molecule has 1 heterocycles. The highest BCUT2D eigenvalue weighted by Gasteiger charge is 2.53. The Morgan fingerprint density at radius 3 is 2.38 bits per heavy atom. The molecular weight excluding hydrogens is 356 g/mol. The van der Waals surface area contributed by atoms with Gasteiger partial charge in [0.25, 0.3) is 5.91 Å². The van der Waals surface area contributed by atoms with Gasteiger partial charge in [-0.2, -0.15) is 0 Å². The van der Waals surface area contributed by atoms with E-state index in [1.165, 1.54) is 6.42 Å². The van der Waals surface area contributed by atoms with Gasteiger partial charge in [-0.3, -0.25) is 14.5 Å². The molecule has 4 fully saturated rings. The van der Waals surface area contributed by atoms with Crippen LogP contribution in [0, 0.1) is 11.8 Å². The summed E-state index contributed by atoms with van der Waals surface area (Å²) < 4.78 is 0. The van der Waals surface area contributed by atoms with Crippen molar-refractivity contribution in [1.29, 1.82) is 0 Å². The molecule has 4 aliphatic rings. The third-order valence-corrected chi connectivity index (χ3v) is 6.71. The summed E-state index contributed by atoms with van der Waals surface area (Å²) in [6, 6.07) is -0.0493. The number of hydrogen-bond acceptors (Lipinski definition) is 4. The van der Waals surface area contributed by atoms with Gasteiger partial charge in [0.15, 0.2) is 0 Å². The second-order valence-electron chi connectivity index (χ2n) is 8.39. The summed E-state index contributed by atoms with van der Waals surface area (Å²) in [7, 11) is 0. The minimum absolute atomic E-state index is 0. The zero-order chi connectivity index (χ0) is 17.6. The van der Waals surface area contributed by atoms with Crippen LogP contribution in [0.15, 0.2) is 0 Å². The van der Waals surface area contributed by atoms with Crippen LogP contribution in [0.5, 0.6) is 0 Å². The summed E-state index contributed by atoms with van der Waals surface area (Å²) in [5, 5.41) is 5.94. The Hall–Kier alpha value is -1.34. The molecule has 0 radical (unpaired) electrons. The molecule has 26 heavy (non-hydrogen) atoms. The molecule has 2 atom stereocenters. The van der Waals surface area contributed by atoms with E-state index in [9.17, 15) is 14.4 Å². The fraction of sp³-hybridized carbons (Fsp3) is 0.833. The average molecular weight is 385 g/mol. The predicted octanol–water partition coefficient (Wildman–Crippen LogP) is 1.29. The van der Waals surface area contributed by atoms with Gasteiger partial charge in [-0.05, 0) is 50.4 Å². The maximum Gasteiger partial charge on any atom is 0.325 e. The molecule has 0 aromatic rings. The van der Waals surface area contributed by atoms with Crippen molar-refractivity contribution in [3.8, 4) is 0 Å². The first-order valence-corrected chi connectivity index (χ1v) is 9.67. The lowest BCUT2D eigenvalue weighted by atomic mass is 9.67. The molecule has 146 valence electrons. The zero-order valence-electron chi connectivity index (χ0n) is 15.0. The molecule has 7 nitrogen and oxygen atoms in total. The molecule has 1 aliphatic heterocycles. The van der Waals surface area contributed by atoms with Crippen molar-refractivity contribution in [1.82, 2.24) is 15.5 Å². The Bertz CT molecular complexity index is 579. The van der Waals surface area contributed by atoms with Crippen LogP contribution in [0.4, 0.5) is 4.79 Å². The molecule has 3 saturated carbocycles. The van der Waals surface area contributed by atoms with Crippen LogP contribution in [-0.4, -0.2) is 46.9 Å². The molecule has 2 bridgehead atoms. The Labute approximate surface area is 160 Å². The molecule has 1 spiro atoms. The third kappa shape index (κ3) is 3.31. The summed E-state index contributed by atoms with van der Waals surface area (Å²) >= 11 is 0. The Kier molecular flexibility index (Phi) is 5.49. The first kappa shape index (κ1) is 19.4. The average Bonchev–Trinajstić information content (AvgIpc) is 3.10. The van der Waals surface area contributed by atoms with E-state index in [2.05, 4.69) is 10.6 Å². The Morgan fingerprint density at radius 1 is 1.15 bits per heavy atom. The van der Waals surface area contributed by atoms with Crippen LogP contribution in [0.25, 0.3) is 0 Å². The number of nitrogens with zero attached hydrogens (tertiary/aromatic N) is 1. The van der Waals surface area contributed by atoms with Crippen LogP contribution in [0.2, 0.25) is 0 Å². The van der Waals surface area contributed by atoms with Crippen molar-refractivity contribution in [2.24, 2.45) is 17.6 Å². The highest BCUT2D eigenvalue weighted by atomic mass is 35.5. The standard InChI is InChI=1S/C18H28N4O3.ClH/c19-13-8-11-4-3-5-12(9-13)15(11)20-14(23)10-22-16(24)18(21-17(22)25)6-1-2-7-18;/h11-13,15H,1-10,19H2,(H,20,23)(H,21,25);1H. The molecule has 4 amide bonds. The van der Waals surface area contributed by atoms with Crippen molar-refractivity contribution in [2.45, 2.75) is 75.4 Å². The van der Waals surface area contributed by atoms with E-state index in [1.807, 2.05) is 0 Å². The summed E-state index contributed by atoms with van der Waals surface area (Å²) in [5.74, 6) is 0.401. The molecule has 1 saturated heterocycles. The topological polar surface area (TPSA) is 105 Å². The van der Waals surface area contributed by atoms with Crippen LogP contribution >= 0.6 is 12.4 Å².